The molecule has 1 heterocycles. The molecule has 0 saturated carbocycles. The number of benzene rings is 1. The normalized spacial score (nSPS) is 17.7. The number of ether oxygens (including phenoxy) is 2. The summed E-state index contributed by atoms with van der Waals surface area (Å²) in [6.45, 7) is 14.9. The van der Waals surface area contributed by atoms with E-state index in [-0.39, 0.29) is 59.6 Å². The molecule has 1 aromatic rings. The number of hydrogen-bond acceptors (Lipinski definition) is 5. The Kier molecular flexibility index (Phi) is 9.96. The fourth-order valence-electron chi connectivity index (χ4n) is 3.29. The topological polar surface area (TPSA) is 74.2 Å². The highest BCUT2D eigenvalue weighted by Gasteiger charge is 2.45. The minimum absolute atomic E-state index is 0.0289. The molecule has 0 aliphatic carbocycles. The number of likely N-dealkylation sites (tertiary alicyclic amines) is 1. The van der Waals surface area contributed by atoms with Gasteiger partial charge in [-0.25, -0.2) is 9.18 Å². The highest BCUT2D eigenvalue weighted by molar-refractivity contribution is 7.91. The summed E-state index contributed by atoms with van der Waals surface area (Å²) in [5.74, 6) is 0.260. The zero-order valence-corrected chi connectivity index (χ0v) is 23.6. The van der Waals surface area contributed by atoms with Crippen molar-refractivity contribution in [1.82, 2.24) is 4.90 Å². The predicted octanol–water partition coefficient (Wildman–Crippen LogP) is 6.94. The summed E-state index contributed by atoms with van der Waals surface area (Å²) in [5, 5.41) is 0.423. The Morgan fingerprint density at radius 2 is 1.83 bits per heavy atom. The first kappa shape index (κ1) is 29.7. The third-order valence-electron chi connectivity index (χ3n) is 5.76. The smallest absolute Gasteiger partial charge is 0.410 e. The van der Waals surface area contributed by atoms with Gasteiger partial charge in [-0.1, -0.05) is 47.2 Å². The number of piperidine rings is 1. The molecule has 1 saturated heterocycles. The van der Waals surface area contributed by atoms with Gasteiger partial charge in [0.1, 0.15) is 39.8 Å². The van der Waals surface area contributed by atoms with Gasteiger partial charge in [0.25, 0.3) is 0 Å². The first-order valence-corrected chi connectivity index (χ1v) is 13.4. The van der Waals surface area contributed by atoms with Gasteiger partial charge in [-0.2, -0.15) is 0 Å². The number of alkyl halides is 1. The molecule has 0 N–H and O–H groups in total. The second-order valence-electron chi connectivity index (χ2n) is 10.1. The number of amides is 1. The molecule has 1 aliphatic heterocycles. The van der Waals surface area contributed by atoms with Gasteiger partial charge >= 0.3 is 6.09 Å². The van der Waals surface area contributed by atoms with E-state index in [1.807, 2.05) is 20.8 Å². The van der Waals surface area contributed by atoms with Crippen LogP contribution in [0.1, 0.15) is 66.4 Å². The fourth-order valence-corrected chi connectivity index (χ4v) is 4.53. The number of hydrogen-bond donors (Lipinski definition) is 0. The van der Waals surface area contributed by atoms with Crippen molar-refractivity contribution in [2.24, 2.45) is 4.40 Å². The molecule has 1 unspecified atom stereocenters. The molecule has 2 rings (SSSR count). The highest BCUT2D eigenvalue weighted by atomic mass is 35.5. The lowest BCUT2D eigenvalue weighted by atomic mass is 9.85. The van der Waals surface area contributed by atoms with E-state index in [0.717, 1.165) is 0 Å². The van der Waals surface area contributed by atoms with Crippen molar-refractivity contribution < 1.29 is 23.2 Å². The van der Waals surface area contributed by atoms with Crippen LogP contribution in [0.4, 0.5) is 9.18 Å². The van der Waals surface area contributed by atoms with Crippen LogP contribution in [0, 0.1) is 0 Å². The molecule has 0 spiro atoms. The number of carbonyl (C=O) groups excluding carboxylic acids is 1. The van der Waals surface area contributed by atoms with Gasteiger partial charge in [-0.3, -0.25) is 0 Å². The zero-order chi connectivity index (χ0) is 26.6. The van der Waals surface area contributed by atoms with Crippen LogP contribution in [-0.4, -0.2) is 57.0 Å². The number of halogens is 3. The summed E-state index contributed by atoms with van der Waals surface area (Å²) in [7, 11) is 0. The molecule has 35 heavy (non-hydrogen) atoms. The van der Waals surface area contributed by atoms with Gasteiger partial charge < -0.3 is 18.9 Å². The monoisotopic (exact) mass is 548 g/mol. The quantitative estimate of drug-likeness (QED) is 0.200. The van der Waals surface area contributed by atoms with E-state index >= 15 is 4.39 Å². The molecule has 1 atom stereocenters. The van der Waals surface area contributed by atoms with E-state index in [4.69, 9.17) is 32.7 Å². The molecular formula is C25H35Cl2FN2O4S. The van der Waals surface area contributed by atoms with Crippen LogP contribution in [0.5, 0.6) is 5.75 Å². The Bertz CT molecular complexity index is 958. The Labute approximate surface area is 221 Å². The summed E-state index contributed by atoms with van der Waals surface area (Å²) >= 11 is 10.8. The van der Waals surface area contributed by atoms with Crippen molar-refractivity contribution in [2.75, 3.05) is 19.7 Å². The largest absolute Gasteiger partial charge is 0.591 e. The fraction of sp³-hybridized carbons (Fsp3) is 0.600. The van der Waals surface area contributed by atoms with E-state index in [9.17, 15) is 9.35 Å². The summed E-state index contributed by atoms with van der Waals surface area (Å²) in [6.07, 6.45) is 1.50. The molecule has 1 aliphatic rings. The number of nitrogens with zero attached hydrogens (tertiary/aromatic N) is 2. The Hall–Kier alpha value is -1.48. The summed E-state index contributed by atoms with van der Waals surface area (Å²) in [6, 6.07) is 2.98. The Morgan fingerprint density at radius 1 is 1.26 bits per heavy atom. The van der Waals surface area contributed by atoms with E-state index < -0.39 is 33.5 Å². The molecular weight excluding hydrogens is 514 g/mol. The lowest BCUT2D eigenvalue weighted by Crippen LogP contribution is -2.50. The first-order chi connectivity index (χ1) is 16.1. The van der Waals surface area contributed by atoms with Crippen molar-refractivity contribution in [1.29, 1.82) is 0 Å². The standard InChI is InChI=1S/C25H35Cl2FN2O4S/c1-8-14-33-20-16-19(27)18(26)15-17(20)21(29-35(32)24(6,7)9-2)25(28)10-12-30(13-11-25)22(31)34-23(3,4)5/h8,15-16H,1,9-14H2,2-7H3/b29-21-. The van der Waals surface area contributed by atoms with Crippen LogP contribution in [0.2, 0.25) is 10.0 Å². The van der Waals surface area contributed by atoms with Crippen LogP contribution in [0.25, 0.3) is 0 Å². The van der Waals surface area contributed by atoms with Gasteiger partial charge in [-0.05, 0) is 47.1 Å². The minimum atomic E-state index is -1.98. The molecule has 10 heteroatoms. The van der Waals surface area contributed by atoms with Crippen LogP contribution >= 0.6 is 23.2 Å². The molecule has 196 valence electrons. The molecule has 6 nitrogen and oxygen atoms in total. The molecule has 0 bridgehead atoms. The molecule has 1 aromatic carbocycles. The van der Waals surface area contributed by atoms with Crippen LogP contribution in [0.15, 0.2) is 29.2 Å². The van der Waals surface area contributed by atoms with E-state index in [1.165, 1.54) is 17.0 Å². The van der Waals surface area contributed by atoms with Gasteiger partial charge in [-0.15, -0.1) is 0 Å². The number of rotatable bonds is 8. The summed E-state index contributed by atoms with van der Waals surface area (Å²) < 4.78 is 44.8. The SMILES string of the molecule is C=CCOc1cc(Cl)c(Cl)cc1/C(=N/[S+]([O-])C(C)(C)CC)C1(F)CCN(C(=O)OC(C)(C)C)CC1. The maximum atomic E-state index is 16.7. The third-order valence-corrected chi connectivity index (χ3v) is 8.07. The Morgan fingerprint density at radius 3 is 2.34 bits per heavy atom. The van der Waals surface area contributed by atoms with Gasteiger partial charge in [0.05, 0.1) is 10.0 Å². The predicted molar refractivity (Wildman–Crippen MR) is 142 cm³/mol. The van der Waals surface area contributed by atoms with Crippen LogP contribution in [0.3, 0.4) is 0 Å². The first-order valence-electron chi connectivity index (χ1n) is 11.5. The van der Waals surface area contributed by atoms with Crippen LogP contribution < -0.4 is 4.74 Å². The number of carbonyl (C=O) groups is 1. The molecule has 1 amide bonds. The average molecular weight is 550 g/mol. The van der Waals surface area contributed by atoms with E-state index in [1.54, 1.807) is 26.8 Å². The van der Waals surface area contributed by atoms with Gasteiger partial charge in [0.2, 0.25) is 0 Å². The van der Waals surface area contributed by atoms with Crippen molar-refractivity contribution >= 4 is 46.4 Å². The van der Waals surface area contributed by atoms with Crippen molar-refractivity contribution in [3.8, 4) is 5.75 Å². The van der Waals surface area contributed by atoms with Crippen LogP contribution in [-0.2, 0) is 16.1 Å². The van der Waals surface area contributed by atoms with E-state index in [2.05, 4.69) is 11.0 Å². The van der Waals surface area contributed by atoms with Gasteiger partial charge in [0.15, 0.2) is 5.67 Å². The van der Waals surface area contributed by atoms with Crippen molar-refractivity contribution in [3.05, 3.63) is 40.4 Å². The summed E-state index contributed by atoms with van der Waals surface area (Å²) in [4.78, 5) is 14.0. The average Bonchev–Trinajstić information content (AvgIpc) is 2.77. The maximum absolute atomic E-state index is 16.7. The highest BCUT2D eigenvalue weighted by Crippen LogP contribution is 2.39. The molecule has 0 aromatic heterocycles. The summed E-state index contributed by atoms with van der Waals surface area (Å²) in [5.41, 5.74) is -2.40. The lowest BCUT2D eigenvalue weighted by molar-refractivity contribution is 0.0127. The van der Waals surface area contributed by atoms with Crippen molar-refractivity contribution in [3.63, 3.8) is 0 Å². The van der Waals surface area contributed by atoms with E-state index in [0.29, 0.717) is 6.42 Å². The zero-order valence-electron chi connectivity index (χ0n) is 21.3. The third kappa shape index (κ3) is 7.75. The minimum Gasteiger partial charge on any atom is -0.591 e. The Balaban J connectivity index is 2.52. The second-order valence-corrected chi connectivity index (χ2v) is 12.7. The molecule has 1 fully saturated rings. The lowest BCUT2D eigenvalue weighted by Gasteiger charge is -2.37. The van der Waals surface area contributed by atoms with Crippen molar-refractivity contribution in [2.45, 2.75) is 76.8 Å². The van der Waals surface area contributed by atoms with Gasteiger partial charge in [0, 0.05) is 37.6 Å². The second kappa shape index (κ2) is 11.7. The molecule has 0 radical (unpaired) electrons. The maximum Gasteiger partial charge on any atom is 0.410 e.